The van der Waals surface area contributed by atoms with Gasteiger partial charge >= 0.3 is 5.97 Å². The van der Waals surface area contributed by atoms with Crippen LogP contribution >= 0.6 is 0 Å². The van der Waals surface area contributed by atoms with Gasteiger partial charge in [-0.2, -0.15) is 0 Å². The second-order valence-corrected chi connectivity index (χ2v) is 12.8. The SMILES string of the molecule is COc1cc2oc(C3(OCCCN4CCOCC4)C=CC=C(c4ccccc4C)C3C)nc2cc1CN1CCCCC1CC(=O)O. The Morgan fingerprint density at radius 2 is 1.98 bits per heavy atom. The summed E-state index contributed by atoms with van der Waals surface area (Å²) >= 11 is 0. The molecule has 3 aromatic rings. The summed E-state index contributed by atoms with van der Waals surface area (Å²) in [5, 5.41) is 9.51. The van der Waals surface area contributed by atoms with Crippen molar-refractivity contribution in [2.45, 2.75) is 64.1 Å². The largest absolute Gasteiger partial charge is 0.496 e. The van der Waals surface area contributed by atoms with Crippen LogP contribution in [0.5, 0.6) is 5.75 Å². The standard InChI is InChI=1S/C37H47N3O6/c1-26-10-4-5-12-30(26)31-13-8-14-37(27(31)2,45-19-9-15-39-17-20-44-21-18-39)36-38-32-22-28(33(43-3)24-34(32)46-36)25-40-16-7-6-11-29(40)23-35(41)42/h4-5,8,10,12-14,22,24,27,29H,6-7,9,11,15-21,23,25H2,1-3H3,(H,41,42). The molecule has 6 rings (SSSR count). The first-order valence-electron chi connectivity index (χ1n) is 16.7. The first-order chi connectivity index (χ1) is 22.4. The highest BCUT2D eigenvalue weighted by atomic mass is 16.5. The zero-order valence-electron chi connectivity index (χ0n) is 27.4. The number of carbonyl (C=O) groups is 1. The van der Waals surface area contributed by atoms with E-state index in [-0.39, 0.29) is 18.4 Å². The second kappa shape index (κ2) is 14.5. The van der Waals surface area contributed by atoms with E-state index < -0.39 is 11.6 Å². The second-order valence-electron chi connectivity index (χ2n) is 12.8. The van der Waals surface area contributed by atoms with E-state index >= 15 is 0 Å². The highest BCUT2D eigenvalue weighted by Crippen LogP contribution is 2.46. The number of carboxylic acid groups (broad SMARTS) is 1. The van der Waals surface area contributed by atoms with Gasteiger partial charge in [0.2, 0.25) is 5.89 Å². The smallest absolute Gasteiger partial charge is 0.304 e. The maximum atomic E-state index is 11.6. The number of hydrogen-bond donors (Lipinski definition) is 1. The molecule has 3 aliphatic rings. The lowest BCUT2D eigenvalue weighted by Crippen LogP contribution is -2.40. The summed E-state index contributed by atoms with van der Waals surface area (Å²) in [7, 11) is 1.66. The maximum absolute atomic E-state index is 11.6. The van der Waals surface area contributed by atoms with Crippen molar-refractivity contribution < 1.29 is 28.5 Å². The van der Waals surface area contributed by atoms with Crippen molar-refractivity contribution in [2.75, 3.05) is 53.1 Å². The molecule has 0 saturated carbocycles. The number of morpholine rings is 1. The minimum Gasteiger partial charge on any atom is -0.496 e. The predicted molar refractivity (Wildman–Crippen MR) is 178 cm³/mol. The fourth-order valence-corrected chi connectivity index (χ4v) is 7.28. The molecule has 1 aliphatic carbocycles. The molecule has 2 saturated heterocycles. The summed E-state index contributed by atoms with van der Waals surface area (Å²) < 4.78 is 24.9. The topological polar surface area (TPSA) is 97.5 Å². The van der Waals surface area contributed by atoms with Crippen LogP contribution in [0, 0.1) is 12.8 Å². The molecule has 0 amide bonds. The van der Waals surface area contributed by atoms with E-state index in [4.69, 9.17) is 23.6 Å². The van der Waals surface area contributed by atoms with Crippen LogP contribution in [0.25, 0.3) is 16.7 Å². The van der Waals surface area contributed by atoms with Gasteiger partial charge in [-0.25, -0.2) is 4.98 Å². The van der Waals surface area contributed by atoms with Crippen molar-refractivity contribution in [1.82, 2.24) is 14.8 Å². The number of nitrogens with zero attached hydrogens (tertiary/aromatic N) is 3. The first-order valence-corrected chi connectivity index (χ1v) is 16.7. The van der Waals surface area contributed by atoms with Gasteiger partial charge in [-0.1, -0.05) is 49.8 Å². The van der Waals surface area contributed by atoms with Crippen LogP contribution in [0.2, 0.25) is 0 Å². The Morgan fingerprint density at radius 1 is 1.15 bits per heavy atom. The number of fused-ring (bicyclic) bond motifs is 1. The number of carboxylic acids is 1. The van der Waals surface area contributed by atoms with Gasteiger partial charge < -0.3 is 23.7 Å². The maximum Gasteiger partial charge on any atom is 0.304 e. The number of ether oxygens (including phenoxy) is 3. The Bertz CT molecular complexity index is 1570. The third-order valence-corrected chi connectivity index (χ3v) is 9.91. The zero-order chi connectivity index (χ0) is 32.1. The van der Waals surface area contributed by atoms with Crippen LogP contribution < -0.4 is 4.74 Å². The van der Waals surface area contributed by atoms with Crippen LogP contribution in [0.15, 0.2) is 59.0 Å². The normalized spacial score (nSPS) is 24.3. The molecule has 0 spiro atoms. The lowest BCUT2D eigenvalue weighted by molar-refractivity contribution is -0.138. The van der Waals surface area contributed by atoms with Crippen molar-refractivity contribution in [2.24, 2.45) is 5.92 Å². The number of benzene rings is 2. The summed E-state index contributed by atoms with van der Waals surface area (Å²) in [6, 6.07) is 12.4. The molecular formula is C37H47N3O6. The number of likely N-dealkylation sites (tertiary alicyclic amines) is 1. The van der Waals surface area contributed by atoms with Gasteiger partial charge in [-0.05, 0) is 61.6 Å². The van der Waals surface area contributed by atoms with E-state index in [2.05, 4.69) is 66.1 Å². The Morgan fingerprint density at radius 3 is 2.76 bits per heavy atom. The van der Waals surface area contributed by atoms with E-state index in [1.165, 1.54) is 16.7 Å². The predicted octanol–water partition coefficient (Wildman–Crippen LogP) is 6.20. The summed E-state index contributed by atoms with van der Waals surface area (Å²) in [6.07, 6.45) is 10.4. The van der Waals surface area contributed by atoms with Gasteiger partial charge in [0.25, 0.3) is 0 Å². The number of aromatic nitrogens is 1. The van der Waals surface area contributed by atoms with E-state index in [0.29, 0.717) is 30.4 Å². The van der Waals surface area contributed by atoms with Gasteiger partial charge in [0.05, 0.1) is 26.7 Å². The van der Waals surface area contributed by atoms with Gasteiger partial charge in [0, 0.05) is 56.4 Å². The van der Waals surface area contributed by atoms with Crippen LogP contribution in [0.3, 0.4) is 0 Å². The molecule has 2 aromatic carbocycles. The third-order valence-electron chi connectivity index (χ3n) is 9.91. The van der Waals surface area contributed by atoms with Crippen LogP contribution in [-0.2, 0) is 26.4 Å². The average Bonchev–Trinajstić information content (AvgIpc) is 3.48. The molecule has 2 aliphatic heterocycles. The fraction of sp³-hybridized carbons (Fsp3) is 0.514. The number of oxazole rings is 1. The molecule has 9 heteroatoms. The third kappa shape index (κ3) is 6.93. The highest BCUT2D eigenvalue weighted by molar-refractivity contribution is 5.78. The molecule has 3 heterocycles. The van der Waals surface area contributed by atoms with E-state index in [9.17, 15) is 9.90 Å². The minimum absolute atomic E-state index is 0.00790. The number of rotatable bonds is 12. The highest BCUT2D eigenvalue weighted by Gasteiger charge is 2.45. The van der Waals surface area contributed by atoms with Crippen molar-refractivity contribution in [3.63, 3.8) is 0 Å². The number of aryl methyl sites for hydroxylation is 1. The van der Waals surface area contributed by atoms with Crippen molar-refractivity contribution >= 4 is 22.6 Å². The first kappa shape index (κ1) is 32.4. The van der Waals surface area contributed by atoms with Crippen LogP contribution in [0.4, 0.5) is 0 Å². The molecule has 1 aromatic heterocycles. The van der Waals surface area contributed by atoms with Gasteiger partial charge in [0.15, 0.2) is 11.2 Å². The van der Waals surface area contributed by atoms with Crippen molar-refractivity contribution in [3.8, 4) is 5.75 Å². The summed E-state index contributed by atoms with van der Waals surface area (Å²) in [5.74, 6) is 0.409. The number of aliphatic carboxylic acids is 1. The number of allylic oxidation sites excluding steroid dienone is 2. The number of methoxy groups -OCH3 is 1. The van der Waals surface area contributed by atoms with E-state index in [0.717, 1.165) is 76.2 Å². The Balaban J connectivity index is 1.32. The molecule has 2 fully saturated rings. The van der Waals surface area contributed by atoms with E-state index in [1.807, 2.05) is 12.1 Å². The number of hydrogen-bond acceptors (Lipinski definition) is 8. The Kier molecular flexibility index (Phi) is 10.2. The minimum atomic E-state index is -0.900. The lowest BCUT2D eigenvalue weighted by Gasteiger charge is -2.38. The Labute approximate surface area is 271 Å². The molecule has 46 heavy (non-hydrogen) atoms. The zero-order valence-corrected chi connectivity index (χ0v) is 27.4. The van der Waals surface area contributed by atoms with Gasteiger partial charge in [-0.3, -0.25) is 14.6 Å². The molecule has 0 bridgehead atoms. The molecular weight excluding hydrogens is 582 g/mol. The van der Waals surface area contributed by atoms with Crippen molar-refractivity contribution in [3.05, 3.63) is 77.2 Å². The van der Waals surface area contributed by atoms with Crippen LogP contribution in [0.1, 0.15) is 61.6 Å². The van der Waals surface area contributed by atoms with Crippen molar-refractivity contribution in [1.29, 1.82) is 0 Å². The summed E-state index contributed by atoms with van der Waals surface area (Å²) in [4.78, 5) is 21.4. The molecule has 3 atom stereocenters. The van der Waals surface area contributed by atoms with Gasteiger partial charge in [0.1, 0.15) is 11.3 Å². The fourth-order valence-electron chi connectivity index (χ4n) is 7.28. The Hall–Kier alpha value is -3.50. The monoisotopic (exact) mass is 629 g/mol. The molecule has 9 nitrogen and oxygen atoms in total. The summed E-state index contributed by atoms with van der Waals surface area (Å²) in [5.41, 5.74) is 5.04. The number of piperidine rings is 1. The van der Waals surface area contributed by atoms with Crippen LogP contribution in [-0.4, -0.2) is 85.0 Å². The summed E-state index contributed by atoms with van der Waals surface area (Å²) in [6.45, 7) is 10.8. The molecule has 1 N–H and O–H groups in total. The average molecular weight is 630 g/mol. The molecule has 0 radical (unpaired) electrons. The van der Waals surface area contributed by atoms with E-state index in [1.54, 1.807) is 7.11 Å². The van der Waals surface area contributed by atoms with Gasteiger partial charge in [-0.15, -0.1) is 0 Å². The molecule has 246 valence electrons. The quantitative estimate of drug-likeness (QED) is 0.235. The molecule has 3 unspecified atom stereocenters. The lowest BCUT2D eigenvalue weighted by atomic mass is 9.76.